The molecule has 130 valence electrons. The second-order valence-electron chi connectivity index (χ2n) is 5.94. The van der Waals surface area contributed by atoms with Crippen LogP contribution in [-0.4, -0.2) is 26.8 Å². The summed E-state index contributed by atoms with van der Waals surface area (Å²) in [5, 5.41) is 11.0. The number of nitrogens with zero attached hydrogens (tertiary/aromatic N) is 3. The molecule has 0 saturated heterocycles. The summed E-state index contributed by atoms with van der Waals surface area (Å²) in [4.78, 5) is 8.30. The van der Waals surface area contributed by atoms with E-state index in [2.05, 4.69) is 9.97 Å². The molecule has 0 unspecified atom stereocenters. The molecule has 6 heteroatoms. The molecule has 0 spiro atoms. The van der Waals surface area contributed by atoms with E-state index in [1.54, 1.807) is 60.7 Å². The van der Waals surface area contributed by atoms with Crippen LogP contribution in [0.25, 0.3) is 22.0 Å². The molecular formula is C20H16FN3O2. The summed E-state index contributed by atoms with van der Waals surface area (Å²) in [6.45, 7) is 0.213. The molecule has 0 aliphatic rings. The van der Waals surface area contributed by atoms with Gasteiger partial charge in [0.2, 0.25) is 5.88 Å². The highest BCUT2D eigenvalue weighted by Crippen LogP contribution is 2.28. The van der Waals surface area contributed by atoms with E-state index in [1.165, 1.54) is 6.07 Å². The zero-order chi connectivity index (χ0) is 18.1. The zero-order valence-electron chi connectivity index (χ0n) is 14.1. The van der Waals surface area contributed by atoms with Crippen LogP contribution >= 0.6 is 0 Å². The number of halogens is 1. The van der Waals surface area contributed by atoms with Crippen molar-refractivity contribution >= 4 is 10.9 Å². The van der Waals surface area contributed by atoms with Gasteiger partial charge in [0.05, 0.1) is 30.8 Å². The Hall–Kier alpha value is -3.41. The third kappa shape index (κ3) is 2.86. The van der Waals surface area contributed by atoms with Crippen LogP contribution in [0, 0.1) is 5.82 Å². The quantitative estimate of drug-likeness (QED) is 0.605. The van der Waals surface area contributed by atoms with Gasteiger partial charge < -0.3 is 14.4 Å². The molecule has 26 heavy (non-hydrogen) atoms. The molecule has 0 saturated carbocycles. The first kappa shape index (κ1) is 16.1. The summed E-state index contributed by atoms with van der Waals surface area (Å²) in [6.07, 6.45) is 6.63. The van der Waals surface area contributed by atoms with Gasteiger partial charge in [-0.2, -0.15) is 0 Å². The number of hydrogen-bond donors (Lipinski definition) is 1. The topological polar surface area (TPSA) is 60.2 Å². The number of rotatable bonds is 4. The Morgan fingerprint density at radius 1 is 1.15 bits per heavy atom. The molecule has 1 N–H and O–H groups in total. The Morgan fingerprint density at radius 2 is 2.04 bits per heavy atom. The normalized spacial score (nSPS) is 11.0. The van der Waals surface area contributed by atoms with Crippen LogP contribution in [0.4, 0.5) is 4.39 Å². The van der Waals surface area contributed by atoms with E-state index in [-0.39, 0.29) is 18.2 Å². The standard InChI is InChI=1S/C20H16FN3O2/c1-26-16-7-15(9-22-10-16)13-4-5-14(18(21)8-13)11-24-12-19-17(20(24)25)3-2-6-23-19/h2-10,12,25H,11H2,1H3. The molecular weight excluding hydrogens is 333 g/mol. The highest BCUT2D eigenvalue weighted by atomic mass is 19.1. The van der Waals surface area contributed by atoms with Crippen molar-refractivity contribution in [3.05, 3.63) is 72.6 Å². The van der Waals surface area contributed by atoms with Gasteiger partial charge in [-0.05, 0) is 29.8 Å². The lowest BCUT2D eigenvalue weighted by Gasteiger charge is -2.09. The van der Waals surface area contributed by atoms with Crippen LogP contribution in [0.1, 0.15) is 5.56 Å². The molecule has 0 atom stereocenters. The molecule has 0 amide bonds. The lowest BCUT2D eigenvalue weighted by atomic mass is 10.0. The van der Waals surface area contributed by atoms with Crippen molar-refractivity contribution in [1.82, 2.24) is 14.5 Å². The number of hydrogen-bond acceptors (Lipinski definition) is 4. The maximum absolute atomic E-state index is 14.6. The molecule has 0 aliphatic carbocycles. The molecule has 3 aromatic heterocycles. The minimum Gasteiger partial charge on any atom is -0.495 e. The Kier molecular flexibility index (Phi) is 4.01. The van der Waals surface area contributed by atoms with Crippen LogP contribution in [0.5, 0.6) is 11.6 Å². The summed E-state index contributed by atoms with van der Waals surface area (Å²) >= 11 is 0. The lowest BCUT2D eigenvalue weighted by molar-refractivity contribution is 0.413. The number of fused-ring (bicyclic) bond motifs is 1. The molecule has 4 rings (SSSR count). The summed E-state index contributed by atoms with van der Waals surface area (Å²) < 4.78 is 21.4. The minimum absolute atomic E-state index is 0.0774. The Morgan fingerprint density at radius 3 is 2.81 bits per heavy atom. The summed E-state index contributed by atoms with van der Waals surface area (Å²) in [6, 6.07) is 10.3. The average Bonchev–Trinajstić information content (AvgIpc) is 2.99. The SMILES string of the molecule is COc1cncc(-c2ccc(Cn3cc4ncccc4c3O)c(F)c2)c1. The monoisotopic (exact) mass is 349 g/mol. The second kappa shape index (κ2) is 6.48. The van der Waals surface area contributed by atoms with Crippen LogP contribution in [-0.2, 0) is 6.54 Å². The largest absolute Gasteiger partial charge is 0.495 e. The van der Waals surface area contributed by atoms with Gasteiger partial charge in [-0.3, -0.25) is 9.97 Å². The third-order valence-electron chi connectivity index (χ3n) is 4.31. The molecule has 1 aromatic carbocycles. The number of pyridine rings is 2. The van der Waals surface area contributed by atoms with Crippen molar-refractivity contribution in [3.63, 3.8) is 0 Å². The maximum atomic E-state index is 14.6. The first-order valence-corrected chi connectivity index (χ1v) is 8.06. The molecule has 0 radical (unpaired) electrons. The molecule has 3 heterocycles. The zero-order valence-corrected chi connectivity index (χ0v) is 14.1. The van der Waals surface area contributed by atoms with Gasteiger partial charge >= 0.3 is 0 Å². The third-order valence-corrected chi connectivity index (χ3v) is 4.31. The van der Waals surface area contributed by atoms with Gasteiger partial charge in [0, 0.05) is 29.7 Å². The van der Waals surface area contributed by atoms with Crippen molar-refractivity contribution in [2.45, 2.75) is 6.54 Å². The number of methoxy groups -OCH3 is 1. The molecule has 0 fully saturated rings. The van der Waals surface area contributed by atoms with Crippen molar-refractivity contribution in [1.29, 1.82) is 0 Å². The van der Waals surface area contributed by atoms with E-state index in [1.807, 2.05) is 6.07 Å². The van der Waals surface area contributed by atoms with E-state index in [0.717, 1.165) is 5.56 Å². The first-order chi connectivity index (χ1) is 12.7. The van der Waals surface area contributed by atoms with Gasteiger partial charge in [-0.15, -0.1) is 0 Å². The van der Waals surface area contributed by atoms with E-state index in [9.17, 15) is 9.50 Å². The summed E-state index contributed by atoms with van der Waals surface area (Å²) in [5.41, 5.74) is 2.62. The summed E-state index contributed by atoms with van der Waals surface area (Å²) in [7, 11) is 1.56. The maximum Gasteiger partial charge on any atom is 0.201 e. The van der Waals surface area contributed by atoms with Crippen molar-refractivity contribution in [2.75, 3.05) is 7.11 Å². The molecule has 0 bridgehead atoms. The Labute approximate surface area is 149 Å². The summed E-state index contributed by atoms with van der Waals surface area (Å²) in [5.74, 6) is 0.340. The number of benzene rings is 1. The van der Waals surface area contributed by atoms with Gasteiger partial charge in [0.1, 0.15) is 11.6 Å². The van der Waals surface area contributed by atoms with Gasteiger partial charge in [0.25, 0.3) is 0 Å². The molecule has 0 aliphatic heterocycles. The fourth-order valence-corrected chi connectivity index (χ4v) is 2.92. The van der Waals surface area contributed by atoms with Crippen molar-refractivity contribution in [2.24, 2.45) is 0 Å². The highest BCUT2D eigenvalue weighted by molar-refractivity contribution is 5.84. The fourth-order valence-electron chi connectivity index (χ4n) is 2.92. The lowest BCUT2D eigenvalue weighted by Crippen LogP contribution is -2.00. The van der Waals surface area contributed by atoms with Gasteiger partial charge in [-0.25, -0.2) is 4.39 Å². The van der Waals surface area contributed by atoms with E-state index in [0.29, 0.717) is 27.8 Å². The predicted molar refractivity (Wildman–Crippen MR) is 96.7 cm³/mol. The van der Waals surface area contributed by atoms with Gasteiger partial charge in [-0.1, -0.05) is 12.1 Å². The van der Waals surface area contributed by atoms with Crippen LogP contribution < -0.4 is 4.74 Å². The average molecular weight is 349 g/mol. The molecule has 4 aromatic rings. The number of aromatic hydroxyl groups is 1. The van der Waals surface area contributed by atoms with E-state index < -0.39 is 0 Å². The van der Waals surface area contributed by atoms with Crippen molar-refractivity contribution < 1.29 is 14.2 Å². The Bertz CT molecular complexity index is 1090. The Balaban J connectivity index is 1.66. The van der Waals surface area contributed by atoms with Crippen molar-refractivity contribution in [3.8, 4) is 22.8 Å². The smallest absolute Gasteiger partial charge is 0.201 e. The predicted octanol–water partition coefficient (Wildman–Crippen LogP) is 4.00. The minimum atomic E-state index is -0.351. The van der Waals surface area contributed by atoms with Crippen LogP contribution in [0.15, 0.2) is 61.2 Å². The van der Waals surface area contributed by atoms with Crippen LogP contribution in [0.3, 0.4) is 0 Å². The van der Waals surface area contributed by atoms with Crippen LogP contribution in [0.2, 0.25) is 0 Å². The van der Waals surface area contributed by atoms with Gasteiger partial charge in [0.15, 0.2) is 0 Å². The van der Waals surface area contributed by atoms with E-state index >= 15 is 0 Å². The number of ether oxygens (including phenoxy) is 1. The fraction of sp³-hybridized carbons (Fsp3) is 0.100. The molecule has 5 nitrogen and oxygen atoms in total. The first-order valence-electron chi connectivity index (χ1n) is 8.06. The van der Waals surface area contributed by atoms with E-state index in [4.69, 9.17) is 4.74 Å². The highest BCUT2D eigenvalue weighted by Gasteiger charge is 2.12. The number of aromatic nitrogens is 3. The second-order valence-corrected chi connectivity index (χ2v) is 5.94.